The summed E-state index contributed by atoms with van der Waals surface area (Å²) in [5, 5.41) is 13.0. The molecule has 3 amide bonds. The molecule has 12 nitrogen and oxygen atoms in total. The van der Waals surface area contributed by atoms with Crippen molar-refractivity contribution in [2.75, 3.05) is 38.6 Å². The van der Waals surface area contributed by atoms with Gasteiger partial charge in [0.25, 0.3) is 17.6 Å². The van der Waals surface area contributed by atoms with E-state index in [1.807, 2.05) is 6.07 Å². The van der Waals surface area contributed by atoms with E-state index in [1.54, 1.807) is 47.4 Å². The minimum atomic E-state index is -1.68. The highest BCUT2D eigenvalue weighted by Crippen LogP contribution is 2.27. The number of nitrogens with zero attached hydrogens (tertiary/aromatic N) is 2. The summed E-state index contributed by atoms with van der Waals surface area (Å²) in [5.74, 6) is -4.62. The molecule has 3 aromatic rings. The molecule has 1 aliphatic rings. The van der Waals surface area contributed by atoms with Gasteiger partial charge in [0.1, 0.15) is 0 Å². The van der Waals surface area contributed by atoms with Crippen molar-refractivity contribution in [1.29, 1.82) is 0 Å². The van der Waals surface area contributed by atoms with Gasteiger partial charge in [0, 0.05) is 43.3 Å². The van der Waals surface area contributed by atoms with E-state index in [0.717, 1.165) is 7.11 Å². The first-order chi connectivity index (χ1) is 19.5. The van der Waals surface area contributed by atoms with E-state index < -0.39 is 41.9 Å². The van der Waals surface area contributed by atoms with Gasteiger partial charge in [-0.1, -0.05) is 30.3 Å². The van der Waals surface area contributed by atoms with Crippen LogP contribution in [0.25, 0.3) is 10.9 Å². The maximum atomic E-state index is 13.2. The fourth-order valence-corrected chi connectivity index (χ4v) is 4.60. The fourth-order valence-electron chi connectivity index (χ4n) is 4.60. The molecule has 0 spiro atoms. The molecular formula is C29H32N4O8. The minimum absolute atomic E-state index is 0.125. The molecule has 12 heteroatoms. The number of aliphatic hydroxyl groups is 1. The van der Waals surface area contributed by atoms with Crippen LogP contribution in [-0.2, 0) is 23.9 Å². The molecule has 0 bridgehead atoms. The number of Topliss-reactive ketones (excluding diaryl/α,β-unsaturated/α-hetero) is 1. The van der Waals surface area contributed by atoms with Crippen molar-refractivity contribution in [1.82, 2.24) is 14.8 Å². The number of hydrogen-bond donors (Lipinski definition) is 3. The highest BCUT2D eigenvalue weighted by Gasteiger charge is 2.32. The third kappa shape index (κ3) is 6.97. The van der Waals surface area contributed by atoms with Crippen molar-refractivity contribution in [2.45, 2.75) is 32.2 Å². The van der Waals surface area contributed by atoms with Crippen LogP contribution in [0.2, 0.25) is 0 Å². The number of para-hydroxylation sites is 1. The molecule has 2 aromatic carbocycles. The molecule has 0 saturated carbocycles. The number of H-pyrrole nitrogens is 1. The van der Waals surface area contributed by atoms with Gasteiger partial charge in [-0.2, -0.15) is 0 Å². The standard InChI is InChI=1S/C29H32N4O8/c1-29(2,39)41-22(28(38)40-3)16-23(34)31-21-11-7-10-19-20(17-30-24(19)21)25(35)27(37)33-14-12-32(13-15-33)26(36)18-8-5-4-6-9-18/h4-11,17,22,30,39H,12-16H2,1-3H3,(H,31,34). The van der Waals surface area contributed by atoms with E-state index in [1.165, 1.54) is 24.9 Å². The summed E-state index contributed by atoms with van der Waals surface area (Å²) in [6.07, 6.45) is -0.373. The highest BCUT2D eigenvalue weighted by atomic mass is 16.6. The Balaban J connectivity index is 1.42. The predicted molar refractivity (Wildman–Crippen MR) is 148 cm³/mol. The lowest BCUT2D eigenvalue weighted by Crippen LogP contribution is -2.52. The van der Waals surface area contributed by atoms with Crippen LogP contribution in [0.5, 0.6) is 0 Å². The molecule has 1 aliphatic heterocycles. The van der Waals surface area contributed by atoms with E-state index >= 15 is 0 Å². The van der Waals surface area contributed by atoms with E-state index in [0.29, 0.717) is 35.2 Å². The number of fused-ring (bicyclic) bond motifs is 1. The number of piperazine rings is 1. The molecule has 1 unspecified atom stereocenters. The van der Waals surface area contributed by atoms with E-state index in [2.05, 4.69) is 15.0 Å². The highest BCUT2D eigenvalue weighted by molar-refractivity contribution is 6.45. The van der Waals surface area contributed by atoms with Crippen molar-refractivity contribution < 1.29 is 38.6 Å². The van der Waals surface area contributed by atoms with Crippen molar-refractivity contribution in [3.63, 3.8) is 0 Å². The number of carbonyl (C=O) groups is 5. The second-order valence-corrected chi connectivity index (χ2v) is 10.0. The smallest absolute Gasteiger partial charge is 0.335 e. The Morgan fingerprint density at radius 2 is 1.63 bits per heavy atom. The molecule has 3 N–H and O–H groups in total. The van der Waals surface area contributed by atoms with Gasteiger partial charge in [-0.25, -0.2) is 4.79 Å². The number of aromatic amines is 1. The number of aromatic nitrogens is 1. The maximum absolute atomic E-state index is 13.2. The van der Waals surface area contributed by atoms with Crippen LogP contribution < -0.4 is 5.32 Å². The van der Waals surface area contributed by atoms with E-state index in [4.69, 9.17) is 4.74 Å². The molecular weight excluding hydrogens is 532 g/mol. The number of nitrogens with one attached hydrogen (secondary N) is 2. The van der Waals surface area contributed by atoms with Gasteiger partial charge in [0.15, 0.2) is 11.9 Å². The SMILES string of the molecule is COC(=O)C(CC(=O)Nc1cccc2c(C(=O)C(=O)N3CCN(C(=O)c4ccccc4)CC3)c[nH]c12)OC(C)(C)O. The third-order valence-corrected chi connectivity index (χ3v) is 6.57. The molecule has 216 valence electrons. The van der Waals surface area contributed by atoms with Crippen molar-refractivity contribution in [3.8, 4) is 0 Å². The van der Waals surface area contributed by atoms with Crippen LogP contribution in [0.15, 0.2) is 54.7 Å². The summed E-state index contributed by atoms with van der Waals surface area (Å²) < 4.78 is 9.92. The van der Waals surface area contributed by atoms with Crippen LogP contribution in [0.3, 0.4) is 0 Å². The monoisotopic (exact) mass is 564 g/mol. The Hall–Kier alpha value is -4.55. The van der Waals surface area contributed by atoms with Gasteiger partial charge < -0.3 is 34.7 Å². The Labute approximate surface area is 236 Å². The number of ketones is 1. The van der Waals surface area contributed by atoms with Crippen molar-refractivity contribution in [3.05, 3.63) is 65.9 Å². The summed E-state index contributed by atoms with van der Waals surface area (Å²) in [6, 6.07) is 13.7. The summed E-state index contributed by atoms with van der Waals surface area (Å²) in [7, 11) is 1.14. The van der Waals surface area contributed by atoms with Gasteiger partial charge in [0.05, 0.1) is 30.3 Å². The normalized spacial score (nSPS) is 14.4. The van der Waals surface area contributed by atoms with Gasteiger partial charge in [-0.3, -0.25) is 19.2 Å². The molecule has 41 heavy (non-hydrogen) atoms. The number of hydrogen-bond acceptors (Lipinski definition) is 8. The van der Waals surface area contributed by atoms with Crippen LogP contribution in [0, 0.1) is 0 Å². The Morgan fingerprint density at radius 1 is 0.976 bits per heavy atom. The van der Waals surface area contributed by atoms with E-state index in [-0.39, 0.29) is 24.6 Å². The first-order valence-corrected chi connectivity index (χ1v) is 13.0. The Kier molecular flexibility index (Phi) is 8.84. The van der Waals surface area contributed by atoms with Crippen molar-refractivity contribution in [2.24, 2.45) is 0 Å². The molecule has 2 heterocycles. The zero-order valence-corrected chi connectivity index (χ0v) is 23.0. The number of amides is 3. The van der Waals surface area contributed by atoms with Crippen LogP contribution >= 0.6 is 0 Å². The number of carbonyl (C=O) groups excluding carboxylic acids is 5. The zero-order valence-electron chi connectivity index (χ0n) is 23.0. The van der Waals surface area contributed by atoms with Crippen LogP contribution in [0.4, 0.5) is 5.69 Å². The average Bonchev–Trinajstić information content (AvgIpc) is 3.40. The largest absolute Gasteiger partial charge is 0.467 e. The first kappa shape index (κ1) is 29.4. The number of ether oxygens (including phenoxy) is 2. The van der Waals surface area contributed by atoms with Crippen LogP contribution in [-0.4, -0.2) is 94.5 Å². The summed E-state index contributed by atoms with van der Waals surface area (Å²) in [6.45, 7) is 3.71. The Morgan fingerprint density at radius 3 is 2.27 bits per heavy atom. The van der Waals surface area contributed by atoms with Gasteiger partial charge >= 0.3 is 5.97 Å². The number of methoxy groups -OCH3 is 1. The maximum Gasteiger partial charge on any atom is 0.335 e. The number of anilines is 1. The average molecular weight is 565 g/mol. The third-order valence-electron chi connectivity index (χ3n) is 6.57. The fraction of sp³-hybridized carbons (Fsp3) is 0.345. The molecule has 1 fully saturated rings. The van der Waals surface area contributed by atoms with Gasteiger partial charge in [-0.15, -0.1) is 0 Å². The second kappa shape index (κ2) is 12.3. The van der Waals surface area contributed by atoms with Crippen LogP contribution in [0.1, 0.15) is 41.0 Å². The second-order valence-electron chi connectivity index (χ2n) is 10.0. The molecule has 1 saturated heterocycles. The minimum Gasteiger partial charge on any atom is -0.467 e. The molecule has 4 rings (SSSR count). The molecule has 1 atom stereocenters. The number of esters is 1. The molecule has 1 aromatic heterocycles. The number of benzene rings is 2. The Bertz CT molecular complexity index is 1450. The molecule has 0 radical (unpaired) electrons. The van der Waals surface area contributed by atoms with Crippen molar-refractivity contribution >= 4 is 46.1 Å². The van der Waals surface area contributed by atoms with Gasteiger partial charge in [-0.05, 0) is 32.0 Å². The lowest BCUT2D eigenvalue weighted by Gasteiger charge is -2.34. The van der Waals surface area contributed by atoms with Gasteiger partial charge in [0.2, 0.25) is 5.91 Å². The first-order valence-electron chi connectivity index (χ1n) is 13.0. The lowest BCUT2D eigenvalue weighted by atomic mass is 10.1. The topological polar surface area (TPSA) is 158 Å². The molecule has 0 aliphatic carbocycles. The number of rotatable bonds is 9. The summed E-state index contributed by atoms with van der Waals surface area (Å²) in [5.41, 5.74) is 1.43. The van der Waals surface area contributed by atoms with E-state index in [9.17, 15) is 29.1 Å². The summed E-state index contributed by atoms with van der Waals surface area (Å²) >= 11 is 0. The predicted octanol–water partition coefficient (Wildman–Crippen LogP) is 1.95. The summed E-state index contributed by atoms with van der Waals surface area (Å²) in [4.78, 5) is 69.8. The zero-order chi connectivity index (χ0) is 29.7. The quantitative estimate of drug-likeness (QED) is 0.154. The lowest BCUT2D eigenvalue weighted by molar-refractivity contribution is -0.216.